The molecule has 18 aromatic rings. The first-order chi connectivity index (χ1) is 43.6. The number of nitrogens with zero attached hydrogens (tertiary/aromatic N) is 5. The Hall–Kier alpha value is -11.1. The molecular weight excluding hydrogens is 1110 g/mol. The summed E-state index contributed by atoms with van der Waals surface area (Å²) in [5, 5.41) is 9.98. The van der Waals surface area contributed by atoms with Crippen LogP contribution in [0.2, 0.25) is 0 Å². The first-order valence-electron chi connectivity index (χ1n) is 29.7. The van der Waals surface area contributed by atoms with Gasteiger partial charge in [-0.25, -0.2) is 15.0 Å². The zero-order chi connectivity index (χ0) is 57.8. The van der Waals surface area contributed by atoms with E-state index in [4.69, 9.17) is 15.0 Å². The highest BCUT2D eigenvalue weighted by Crippen LogP contribution is 2.43. The SMILES string of the molecule is c1ccc(-c2cccc(-c3cccc(-c4nc(-c5cccc(-n6c7ccccc7c7cc(-c8ccc9sc%10ccccc%10c9c8)ccc76)c5)nc(-c5cccc(-n6c7ccccc7c7cc(-c8ccc9sc%10ccccc%10c9c8)ccc76)c5)n4)c3)c2)cc1. The normalized spacial score (nSPS) is 11.9. The summed E-state index contributed by atoms with van der Waals surface area (Å²) in [6.07, 6.45) is 0. The summed E-state index contributed by atoms with van der Waals surface area (Å²) in [4.78, 5) is 16.3. The molecule has 0 amide bonds. The van der Waals surface area contributed by atoms with Crippen LogP contribution >= 0.6 is 22.7 Å². The molecule has 5 aromatic heterocycles. The minimum atomic E-state index is 0.584. The summed E-state index contributed by atoms with van der Waals surface area (Å²) in [6, 6.07) is 108. The molecule has 0 fully saturated rings. The van der Waals surface area contributed by atoms with Crippen LogP contribution in [-0.4, -0.2) is 24.1 Å². The van der Waals surface area contributed by atoms with Gasteiger partial charge in [0.25, 0.3) is 0 Å². The van der Waals surface area contributed by atoms with Gasteiger partial charge in [0.2, 0.25) is 0 Å². The van der Waals surface area contributed by atoms with E-state index in [0.717, 1.165) is 66.8 Å². The van der Waals surface area contributed by atoms with E-state index in [1.54, 1.807) is 0 Å². The largest absolute Gasteiger partial charge is 0.309 e. The van der Waals surface area contributed by atoms with Crippen molar-refractivity contribution in [1.82, 2.24) is 24.1 Å². The van der Waals surface area contributed by atoms with Crippen LogP contribution in [0.5, 0.6) is 0 Å². The molecule has 5 nitrogen and oxygen atoms in total. The molecule has 13 aromatic carbocycles. The van der Waals surface area contributed by atoms with Crippen LogP contribution in [-0.2, 0) is 0 Å². The van der Waals surface area contributed by atoms with Crippen LogP contribution in [0.25, 0.3) is 174 Å². The van der Waals surface area contributed by atoms with Crippen LogP contribution in [0.15, 0.2) is 297 Å². The highest BCUT2D eigenvalue weighted by atomic mass is 32.1. The topological polar surface area (TPSA) is 48.5 Å². The molecule has 18 rings (SSSR count). The van der Waals surface area contributed by atoms with Gasteiger partial charge in [0, 0.05) is 90.0 Å². The molecule has 0 spiro atoms. The Balaban J connectivity index is 0.768. The van der Waals surface area contributed by atoms with Crippen LogP contribution in [0.4, 0.5) is 0 Å². The highest BCUT2D eigenvalue weighted by Gasteiger charge is 2.20. The molecule has 0 saturated carbocycles. The van der Waals surface area contributed by atoms with E-state index in [9.17, 15) is 0 Å². The number of rotatable bonds is 9. The standard InChI is InChI=1S/C81H49N5S2/c1-2-16-50(17-3-1)51-18-12-19-52(42-51)53-20-13-21-58(43-53)79-82-80(59-22-14-24-61(44-59)85-71-30-8-4-26-63(71)67-46-54(34-38-73(67)85)56-36-40-77-69(48-56)65-28-6-10-32-75(65)87-77)84-81(83-79)60-23-15-25-62(45-60)86-72-31-9-5-27-64(72)68-47-55(35-39-74(68)86)57-37-41-78-70(49-57)66-29-7-11-33-76(66)88-78/h1-49H. The average molecular weight is 1160 g/mol. The summed E-state index contributed by atoms with van der Waals surface area (Å²) in [5.74, 6) is 1.76. The quantitative estimate of drug-likeness (QED) is 0.145. The molecule has 0 aliphatic carbocycles. The zero-order valence-corrected chi connectivity index (χ0v) is 49.0. The molecule has 0 N–H and O–H groups in total. The first-order valence-corrected chi connectivity index (χ1v) is 31.3. The number of aromatic nitrogens is 5. The van der Waals surface area contributed by atoms with Gasteiger partial charge in [-0.3, -0.25) is 0 Å². The second-order valence-corrected chi connectivity index (χ2v) is 24.9. The van der Waals surface area contributed by atoms with Crippen molar-refractivity contribution in [1.29, 1.82) is 0 Å². The Bertz CT molecular complexity index is 5550. The van der Waals surface area contributed by atoms with Gasteiger partial charge < -0.3 is 9.13 Å². The Labute approximate surface area is 514 Å². The molecule has 7 heteroatoms. The van der Waals surface area contributed by atoms with E-state index < -0.39 is 0 Å². The molecule has 88 heavy (non-hydrogen) atoms. The predicted octanol–water partition coefficient (Wildman–Crippen LogP) is 22.5. The number of fused-ring (bicyclic) bond motifs is 12. The van der Waals surface area contributed by atoms with E-state index in [2.05, 4.69) is 306 Å². The number of hydrogen-bond acceptors (Lipinski definition) is 5. The van der Waals surface area contributed by atoms with Gasteiger partial charge in [0.1, 0.15) is 0 Å². The van der Waals surface area contributed by atoms with E-state index >= 15 is 0 Å². The van der Waals surface area contributed by atoms with Crippen molar-refractivity contribution in [3.05, 3.63) is 297 Å². The van der Waals surface area contributed by atoms with Gasteiger partial charge in [-0.15, -0.1) is 22.7 Å². The maximum atomic E-state index is 5.44. The van der Waals surface area contributed by atoms with E-state index in [1.807, 2.05) is 22.7 Å². The molecule has 0 aliphatic rings. The Morgan fingerprint density at radius 2 is 0.511 bits per heavy atom. The van der Waals surface area contributed by atoms with Crippen LogP contribution in [0.1, 0.15) is 0 Å². The summed E-state index contributed by atoms with van der Waals surface area (Å²) in [5.41, 5.74) is 18.5. The number of para-hydroxylation sites is 2. The molecule has 0 bridgehead atoms. The second kappa shape index (κ2) is 20.3. The lowest BCUT2D eigenvalue weighted by Gasteiger charge is -2.13. The van der Waals surface area contributed by atoms with E-state index in [-0.39, 0.29) is 0 Å². The molecule has 0 unspecified atom stereocenters. The maximum absolute atomic E-state index is 5.44. The first kappa shape index (κ1) is 50.3. The van der Waals surface area contributed by atoms with Gasteiger partial charge in [-0.05, 0) is 154 Å². The second-order valence-electron chi connectivity index (χ2n) is 22.7. The Kier molecular flexibility index (Phi) is 11.6. The lowest BCUT2D eigenvalue weighted by atomic mass is 9.98. The lowest BCUT2D eigenvalue weighted by molar-refractivity contribution is 1.07. The van der Waals surface area contributed by atoms with Gasteiger partial charge in [-0.2, -0.15) is 0 Å². The molecule has 410 valence electrons. The lowest BCUT2D eigenvalue weighted by Crippen LogP contribution is -2.02. The third kappa shape index (κ3) is 8.39. The van der Waals surface area contributed by atoms with Gasteiger partial charge in [0.05, 0.1) is 22.1 Å². The molecule has 0 saturated heterocycles. The van der Waals surface area contributed by atoms with E-state index in [1.165, 1.54) is 89.7 Å². The number of thiophene rings is 2. The molecular formula is C81H49N5S2. The van der Waals surface area contributed by atoms with Crippen molar-refractivity contribution in [3.63, 3.8) is 0 Å². The van der Waals surface area contributed by atoms with E-state index in [0.29, 0.717) is 17.5 Å². The Morgan fingerprint density at radius 1 is 0.193 bits per heavy atom. The molecule has 0 atom stereocenters. The molecule has 5 heterocycles. The summed E-state index contributed by atoms with van der Waals surface area (Å²) >= 11 is 3.71. The molecule has 0 aliphatic heterocycles. The van der Waals surface area contributed by atoms with Gasteiger partial charge >= 0.3 is 0 Å². The Morgan fingerprint density at radius 3 is 1.00 bits per heavy atom. The van der Waals surface area contributed by atoms with Crippen LogP contribution in [0, 0.1) is 0 Å². The van der Waals surface area contributed by atoms with Gasteiger partial charge in [0.15, 0.2) is 17.5 Å². The zero-order valence-electron chi connectivity index (χ0n) is 47.3. The maximum Gasteiger partial charge on any atom is 0.164 e. The van der Waals surface area contributed by atoms with Crippen molar-refractivity contribution in [2.45, 2.75) is 0 Å². The fourth-order valence-corrected chi connectivity index (χ4v) is 15.5. The third-order valence-corrected chi connectivity index (χ3v) is 19.9. The third-order valence-electron chi connectivity index (χ3n) is 17.5. The fourth-order valence-electron chi connectivity index (χ4n) is 13.4. The summed E-state index contributed by atoms with van der Waals surface area (Å²) in [6.45, 7) is 0. The summed E-state index contributed by atoms with van der Waals surface area (Å²) < 4.78 is 9.99. The smallest absolute Gasteiger partial charge is 0.164 e. The van der Waals surface area contributed by atoms with Crippen molar-refractivity contribution in [2.24, 2.45) is 0 Å². The monoisotopic (exact) mass is 1160 g/mol. The van der Waals surface area contributed by atoms with Crippen molar-refractivity contribution in [2.75, 3.05) is 0 Å². The van der Waals surface area contributed by atoms with Crippen molar-refractivity contribution < 1.29 is 0 Å². The molecule has 0 radical (unpaired) electrons. The number of hydrogen-bond donors (Lipinski definition) is 0. The van der Waals surface area contributed by atoms with Gasteiger partial charge in [-0.1, -0.05) is 188 Å². The van der Waals surface area contributed by atoms with Crippen molar-refractivity contribution in [3.8, 4) is 90.0 Å². The van der Waals surface area contributed by atoms with Crippen molar-refractivity contribution >= 4 is 107 Å². The van der Waals surface area contributed by atoms with Crippen LogP contribution < -0.4 is 0 Å². The van der Waals surface area contributed by atoms with Crippen LogP contribution in [0.3, 0.4) is 0 Å². The predicted molar refractivity (Wildman–Crippen MR) is 372 cm³/mol. The minimum absolute atomic E-state index is 0.584. The fraction of sp³-hybridized carbons (Fsp3) is 0. The minimum Gasteiger partial charge on any atom is -0.309 e. The number of benzene rings is 13. The summed E-state index contributed by atoms with van der Waals surface area (Å²) in [7, 11) is 0. The highest BCUT2D eigenvalue weighted by molar-refractivity contribution is 7.26. The average Bonchev–Trinajstić information content (AvgIpc) is 3.98.